The summed E-state index contributed by atoms with van der Waals surface area (Å²) in [5.41, 5.74) is 3.72. The van der Waals surface area contributed by atoms with Crippen molar-refractivity contribution in [2.24, 2.45) is 0 Å². The molecule has 5 rings (SSSR count). The molecule has 1 saturated carbocycles. The molecule has 0 unspecified atom stereocenters. The van der Waals surface area contributed by atoms with Gasteiger partial charge in [-0.3, -0.25) is 9.89 Å². The Morgan fingerprint density at radius 1 is 1.17 bits per heavy atom. The van der Waals surface area contributed by atoms with E-state index in [1.165, 1.54) is 12.0 Å². The maximum atomic E-state index is 12.3. The first-order valence-electron chi connectivity index (χ1n) is 10.2. The number of benzene rings is 2. The normalized spacial score (nSPS) is 14.0. The van der Waals surface area contributed by atoms with Crippen LogP contribution in [0.3, 0.4) is 0 Å². The second-order valence-corrected chi connectivity index (χ2v) is 7.68. The van der Waals surface area contributed by atoms with Crippen LogP contribution in [0.25, 0.3) is 22.2 Å². The van der Waals surface area contributed by atoms with Crippen molar-refractivity contribution in [2.75, 3.05) is 11.9 Å². The van der Waals surface area contributed by atoms with Gasteiger partial charge >= 0.3 is 0 Å². The van der Waals surface area contributed by atoms with Crippen molar-refractivity contribution in [1.82, 2.24) is 30.5 Å². The Labute approximate surface area is 173 Å². The van der Waals surface area contributed by atoms with Gasteiger partial charge in [-0.2, -0.15) is 5.10 Å². The van der Waals surface area contributed by atoms with E-state index in [9.17, 15) is 4.79 Å². The minimum atomic E-state index is -0.0884. The van der Waals surface area contributed by atoms with Gasteiger partial charge in [-0.25, -0.2) is 4.68 Å². The molecule has 4 aromatic rings. The first kappa shape index (κ1) is 18.5. The second-order valence-electron chi connectivity index (χ2n) is 7.68. The highest BCUT2D eigenvalue weighted by Gasteiger charge is 2.18. The Balaban J connectivity index is 1.32. The molecular weight excluding hydrogens is 378 g/mol. The lowest BCUT2D eigenvalue weighted by Crippen LogP contribution is -2.40. The average Bonchev–Trinajstić information content (AvgIpc) is 3.34. The van der Waals surface area contributed by atoms with E-state index >= 15 is 0 Å². The molecule has 2 aromatic carbocycles. The largest absolute Gasteiger partial charge is 0.308 e. The van der Waals surface area contributed by atoms with Crippen molar-refractivity contribution in [3.8, 4) is 11.3 Å². The smallest absolute Gasteiger partial charge is 0.239 e. The number of H-pyrrole nitrogens is 1. The number of carbonyl (C=O) groups is 1. The molecule has 152 valence electrons. The van der Waals surface area contributed by atoms with E-state index in [2.05, 4.69) is 43.3 Å². The van der Waals surface area contributed by atoms with Crippen molar-refractivity contribution in [2.45, 2.75) is 31.8 Å². The van der Waals surface area contributed by atoms with Crippen molar-refractivity contribution < 1.29 is 4.79 Å². The summed E-state index contributed by atoms with van der Waals surface area (Å²) >= 11 is 0. The Morgan fingerprint density at radius 3 is 2.83 bits per heavy atom. The number of hydrogen-bond acceptors (Lipinski definition) is 5. The van der Waals surface area contributed by atoms with Crippen LogP contribution in [0.1, 0.15) is 24.8 Å². The minimum absolute atomic E-state index is 0.0884. The number of hydrogen-bond donors (Lipinski definition) is 3. The molecule has 3 N–H and O–H groups in total. The van der Waals surface area contributed by atoms with E-state index < -0.39 is 0 Å². The average molecular weight is 401 g/mol. The van der Waals surface area contributed by atoms with E-state index in [1.807, 2.05) is 47.3 Å². The zero-order valence-electron chi connectivity index (χ0n) is 16.5. The highest BCUT2D eigenvalue weighted by Crippen LogP contribution is 2.26. The Bertz CT molecular complexity index is 1160. The summed E-state index contributed by atoms with van der Waals surface area (Å²) in [5.74, 6) is 0.443. The van der Waals surface area contributed by atoms with Crippen LogP contribution >= 0.6 is 0 Å². The Kier molecular flexibility index (Phi) is 4.98. The number of nitrogens with zero attached hydrogens (tertiary/aromatic N) is 4. The lowest BCUT2D eigenvalue weighted by molar-refractivity contribution is -0.115. The van der Waals surface area contributed by atoms with E-state index in [-0.39, 0.29) is 5.91 Å². The Morgan fingerprint density at radius 2 is 2.03 bits per heavy atom. The molecule has 8 heteroatoms. The van der Waals surface area contributed by atoms with E-state index in [4.69, 9.17) is 0 Å². The Hall–Kier alpha value is -3.52. The van der Waals surface area contributed by atoms with E-state index in [0.717, 1.165) is 35.0 Å². The maximum absolute atomic E-state index is 12.3. The molecule has 0 bridgehead atoms. The van der Waals surface area contributed by atoms with Gasteiger partial charge in [0, 0.05) is 17.0 Å². The number of amides is 1. The molecule has 1 fully saturated rings. The van der Waals surface area contributed by atoms with Crippen molar-refractivity contribution in [1.29, 1.82) is 0 Å². The summed E-state index contributed by atoms with van der Waals surface area (Å²) < 4.78 is 1.82. The van der Waals surface area contributed by atoms with Gasteiger partial charge < -0.3 is 10.6 Å². The number of aromatic amines is 1. The van der Waals surface area contributed by atoms with Gasteiger partial charge in [0.25, 0.3) is 0 Å². The quantitative estimate of drug-likeness (QED) is 0.442. The third kappa shape index (κ3) is 3.95. The first-order chi connectivity index (χ1) is 14.7. The monoisotopic (exact) mass is 401 g/mol. The third-order valence-electron chi connectivity index (χ3n) is 5.50. The molecule has 1 aliphatic rings. The van der Waals surface area contributed by atoms with Gasteiger partial charge in [-0.1, -0.05) is 48.0 Å². The van der Waals surface area contributed by atoms with Crippen molar-refractivity contribution >= 4 is 22.6 Å². The minimum Gasteiger partial charge on any atom is -0.308 e. The fourth-order valence-corrected chi connectivity index (χ4v) is 3.57. The number of anilines is 1. The molecule has 0 aliphatic heterocycles. The van der Waals surface area contributed by atoms with Crippen molar-refractivity contribution in [3.05, 3.63) is 60.3 Å². The van der Waals surface area contributed by atoms with Crippen LogP contribution < -0.4 is 10.6 Å². The lowest BCUT2D eigenvalue weighted by Gasteiger charge is -2.26. The van der Waals surface area contributed by atoms with Crippen LogP contribution in [0.4, 0.5) is 5.82 Å². The molecule has 2 aromatic heterocycles. The SMILES string of the molecule is O=C(CNC1CCC1)Nc1n[nH]c2ccc(-c3cn(Cc4ccccc4)nn3)cc12. The molecule has 0 radical (unpaired) electrons. The van der Waals surface area contributed by atoms with Crippen LogP contribution in [-0.4, -0.2) is 43.7 Å². The van der Waals surface area contributed by atoms with Crippen LogP contribution in [0.2, 0.25) is 0 Å². The summed E-state index contributed by atoms with van der Waals surface area (Å²) in [6, 6.07) is 16.5. The summed E-state index contributed by atoms with van der Waals surface area (Å²) in [5, 5.41) is 22.8. The number of aromatic nitrogens is 5. The summed E-state index contributed by atoms with van der Waals surface area (Å²) in [6.07, 6.45) is 5.46. The van der Waals surface area contributed by atoms with E-state index in [0.29, 0.717) is 24.9 Å². The summed E-state index contributed by atoms with van der Waals surface area (Å²) in [7, 11) is 0. The van der Waals surface area contributed by atoms with Gasteiger partial charge in [0.2, 0.25) is 5.91 Å². The molecule has 0 spiro atoms. The molecule has 30 heavy (non-hydrogen) atoms. The number of rotatable bonds is 7. The topological polar surface area (TPSA) is 101 Å². The molecular formula is C22H23N7O. The van der Waals surface area contributed by atoms with Gasteiger partial charge in [0.1, 0.15) is 5.69 Å². The maximum Gasteiger partial charge on any atom is 0.239 e. The molecule has 1 aliphatic carbocycles. The number of fused-ring (bicyclic) bond motifs is 1. The molecule has 2 heterocycles. The van der Waals surface area contributed by atoms with Crippen LogP contribution in [0, 0.1) is 0 Å². The zero-order valence-corrected chi connectivity index (χ0v) is 16.5. The number of carbonyl (C=O) groups excluding carboxylic acids is 1. The summed E-state index contributed by atoms with van der Waals surface area (Å²) in [4.78, 5) is 12.3. The highest BCUT2D eigenvalue weighted by molar-refractivity contribution is 6.01. The lowest BCUT2D eigenvalue weighted by atomic mass is 9.93. The number of nitrogens with one attached hydrogen (secondary N) is 3. The van der Waals surface area contributed by atoms with Gasteiger partial charge in [0.15, 0.2) is 5.82 Å². The van der Waals surface area contributed by atoms with Crippen LogP contribution in [-0.2, 0) is 11.3 Å². The van der Waals surface area contributed by atoms with Gasteiger partial charge in [-0.05, 0) is 30.5 Å². The molecule has 0 saturated heterocycles. The predicted molar refractivity (Wildman–Crippen MR) is 115 cm³/mol. The molecule has 0 atom stereocenters. The predicted octanol–water partition coefficient (Wildman–Crippen LogP) is 2.95. The van der Waals surface area contributed by atoms with Crippen LogP contribution in [0.15, 0.2) is 54.7 Å². The van der Waals surface area contributed by atoms with E-state index in [1.54, 1.807) is 0 Å². The molecule has 8 nitrogen and oxygen atoms in total. The fraction of sp³-hybridized carbons (Fsp3) is 0.273. The first-order valence-corrected chi connectivity index (χ1v) is 10.2. The molecule has 1 amide bonds. The zero-order chi connectivity index (χ0) is 20.3. The standard InChI is InChI=1S/C22H23N7O/c30-21(12-23-17-7-4-8-17)24-22-18-11-16(9-10-19(18)25-27-22)20-14-29(28-26-20)13-15-5-2-1-3-6-15/h1-3,5-6,9-11,14,17,23H,4,7-8,12-13H2,(H2,24,25,27,30). The van der Waals surface area contributed by atoms with Crippen molar-refractivity contribution in [3.63, 3.8) is 0 Å². The summed E-state index contributed by atoms with van der Waals surface area (Å²) in [6.45, 7) is 0.962. The third-order valence-corrected chi connectivity index (χ3v) is 5.50. The van der Waals surface area contributed by atoms with Gasteiger partial charge in [-0.15, -0.1) is 5.10 Å². The highest BCUT2D eigenvalue weighted by atomic mass is 16.2. The second kappa shape index (κ2) is 8.08. The van der Waals surface area contributed by atoms with Crippen LogP contribution in [0.5, 0.6) is 0 Å². The fourth-order valence-electron chi connectivity index (χ4n) is 3.57. The van der Waals surface area contributed by atoms with Gasteiger partial charge in [0.05, 0.1) is 24.8 Å².